The highest BCUT2D eigenvalue weighted by Crippen LogP contribution is 2.71. The molecule has 0 saturated heterocycles. The summed E-state index contributed by atoms with van der Waals surface area (Å²) in [6, 6.07) is 8.06. The summed E-state index contributed by atoms with van der Waals surface area (Å²) < 4.78 is 117. The number of amides is 1. The summed E-state index contributed by atoms with van der Waals surface area (Å²) in [6.07, 6.45) is -0.861. The largest absolute Gasteiger partial charge is 0.360 e. The molecule has 0 spiro atoms. The van der Waals surface area contributed by atoms with E-state index in [4.69, 9.17) is 16.6 Å². The number of pyridine rings is 1. The maximum absolute atomic E-state index is 15.6. The summed E-state index contributed by atoms with van der Waals surface area (Å²) in [5.74, 6) is -8.78. The zero-order valence-corrected chi connectivity index (χ0v) is 30.0. The molecule has 19 heteroatoms. The van der Waals surface area contributed by atoms with Crippen LogP contribution in [0.4, 0.5) is 32.2 Å². The molecule has 0 bridgehead atoms. The minimum Gasteiger partial charge on any atom is -0.360 e. The van der Waals surface area contributed by atoms with Crippen LogP contribution >= 0.6 is 11.6 Å². The first kappa shape index (κ1) is 35.9. The number of hydrogen-bond acceptors (Lipinski definition) is 6. The summed E-state index contributed by atoms with van der Waals surface area (Å²) in [4.78, 5) is 21.8. The molecule has 2 aliphatic rings. The number of aryl methyl sites for hydroxylation is 1. The Balaban J connectivity index is 1.26. The molecule has 4 heterocycles. The molecule has 282 valence electrons. The van der Waals surface area contributed by atoms with Crippen LogP contribution < -0.4 is 10.0 Å². The van der Waals surface area contributed by atoms with Gasteiger partial charge in [-0.2, -0.15) is 19.0 Å². The molecule has 1 saturated carbocycles. The Kier molecular flexibility index (Phi) is 8.29. The molecular weight excluding hydrogens is 762 g/mol. The number of carbonyl (C=O) groups is 1. The Hall–Kier alpha value is -5.10. The molecule has 6 aromatic rings. The number of aromatic nitrogens is 6. The first-order chi connectivity index (χ1) is 25.4. The highest BCUT2D eigenvalue weighted by molar-refractivity contribution is 7.92. The zero-order valence-electron chi connectivity index (χ0n) is 28.4. The van der Waals surface area contributed by atoms with Gasteiger partial charge in [0, 0.05) is 47.8 Å². The van der Waals surface area contributed by atoms with Crippen LogP contribution in [-0.2, 0) is 40.8 Å². The van der Waals surface area contributed by atoms with Gasteiger partial charge >= 0.3 is 0 Å². The molecule has 3 N–H and O–H groups in total. The Morgan fingerprint density at radius 1 is 1.06 bits per heavy atom. The highest BCUT2D eigenvalue weighted by Gasteiger charge is 2.71. The third-order valence-corrected chi connectivity index (χ3v) is 10.9. The van der Waals surface area contributed by atoms with Crippen LogP contribution in [0.5, 0.6) is 0 Å². The SMILES string of the molecule is C[C@@H]1[C@@H]2c3c(C(F)F)nn(CC(=O)N[C@@H](Cc4cc(F)cc(F)c4)c4nc5cc[nH]c5cc4-c4ccc(Cl)c5c(NS(C)(=O)=O)nn(C)c45)c3C(F)(F)[C@H]12. The molecule has 11 nitrogen and oxygen atoms in total. The summed E-state index contributed by atoms with van der Waals surface area (Å²) >= 11 is 6.58. The highest BCUT2D eigenvalue weighted by atomic mass is 35.5. The van der Waals surface area contributed by atoms with Gasteiger partial charge in [0.15, 0.2) is 5.82 Å². The van der Waals surface area contributed by atoms with Gasteiger partial charge in [0.05, 0.1) is 45.0 Å². The number of alkyl halides is 4. The Morgan fingerprint density at radius 2 is 1.78 bits per heavy atom. The normalized spacial score (nSPS) is 19.4. The number of anilines is 1. The maximum atomic E-state index is 15.6. The first-order valence-corrected chi connectivity index (χ1v) is 18.8. The van der Waals surface area contributed by atoms with Crippen LogP contribution in [0.15, 0.2) is 48.7 Å². The molecule has 0 radical (unpaired) electrons. The van der Waals surface area contributed by atoms with Crippen LogP contribution in [-0.4, -0.2) is 50.1 Å². The summed E-state index contributed by atoms with van der Waals surface area (Å²) in [5.41, 5.74) is 0.574. The van der Waals surface area contributed by atoms with Gasteiger partial charge in [0.25, 0.3) is 12.3 Å². The number of nitrogens with zero attached hydrogens (tertiary/aromatic N) is 5. The van der Waals surface area contributed by atoms with E-state index >= 15 is 8.78 Å². The van der Waals surface area contributed by atoms with Crippen molar-refractivity contribution >= 4 is 55.3 Å². The minimum absolute atomic E-state index is 0.0591. The summed E-state index contributed by atoms with van der Waals surface area (Å²) in [6.45, 7) is 0.682. The van der Waals surface area contributed by atoms with Crippen molar-refractivity contribution in [3.05, 3.63) is 93.5 Å². The van der Waals surface area contributed by atoms with Gasteiger partial charge in [-0.25, -0.2) is 31.0 Å². The Labute approximate surface area is 307 Å². The number of rotatable bonds is 10. The van der Waals surface area contributed by atoms with Crippen molar-refractivity contribution in [3.8, 4) is 11.1 Å². The van der Waals surface area contributed by atoms with Gasteiger partial charge in [-0.05, 0) is 48.2 Å². The number of nitrogens with one attached hydrogen (secondary N) is 3. The Bertz CT molecular complexity index is 2620. The number of halogens is 7. The molecule has 4 aromatic heterocycles. The molecule has 8 rings (SSSR count). The second kappa shape index (κ2) is 12.5. The fourth-order valence-corrected chi connectivity index (χ4v) is 8.68. The van der Waals surface area contributed by atoms with Crippen LogP contribution in [0.1, 0.15) is 53.5 Å². The van der Waals surface area contributed by atoms with E-state index in [9.17, 15) is 30.8 Å². The number of aromatic amines is 1. The summed E-state index contributed by atoms with van der Waals surface area (Å²) in [7, 11) is -2.24. The van der Waals surface area contributed by atoms with Crippen LogP contribution in [0.25, 0.3) is 33.1 Å². The second-order valence-corrected chi connectivity index (χ2v) is 15.9. The van der Waals surface area contributed by atoms with E-state index in [1.54, 1.807) is 38.4 Å². The molecule has 0 unspecified atom stereocenters. The van der Waals surface area contributed by atoms with E-state index in [0.29, 0.717) is 38.4 Å². The lowest BCUT2D eigenvalue weighted by molar-refractivity contribution is -0.123. The zero-order chi connectivity index (χ0) is 38.6. The fourth-order valence-electron chi connectivity index (χ4n) is 7.94. The Morgan fingerprint density at radius 3 is 2.46 bits per heavy atom. The fraction of sp³-hybridized carbons (Fsp3) is 0.314. The standard InChI is InChI=1S/C35H29ClF6N8O3S/c1-14-25-27-30(33(39)40)46-50(32(27)35(41,42)28(14)25)13-24(51)44-23(10-15-8-16(37)11-17(38)9-15)29-19(12-22-21(45-29)6-7-43-22)18-4-5-20(36)26-31(18)49(2)47-34(26)48-54(3,52)53/h4-9,11-12,14,23,25,28,33,43H,10,13H2,1-3H3,(H,44,51)(H,47,48)/t14-,23+,25-,28-/m1/s1. The number of hydrogen-bond donors (Lipinski definition) is 3. The lowest BCUT2D eigenvalue weighted by Crippen LogP contribution is -2.35. The molecule has 0 aliphatic heterocycles. The van der Waals surface area contributed by atoms with E-state index in [-0.39, 0.29) is 39.5 Å². The van der Waals surface area contributed by atoms with Gasteiger partial charge in [0.1, 0.15) is 29.6 Å². The number of H-pyrrole nitrogens is 1. The van der Waals surface area contributed by atoms with Crippen molar-refractivity contribution in [3.63, 3.8) is 0 Å². The smallest absolute Gasteiger partial charge is 0.293 e. The molecule has 1 amide bonds. The van der Waals surface area contributed by atoms with E-state index in [1.165, 1.54) is 10.7 Å². The molecule has 2 aromatic carbocycles. The van der Waals surface area contributed by atoms with E-state index in [2.05, 4.69) is 25.2 Å². The van der Waals surface area contributed by atoms with Crippen LogP contribution in [0, 0.1) is 23.5 Å². The van der Waals surface area contributed by atoms with Crippen LogP contribution in [0.2, 0.25) is 5.02 Å². The van der Waals surface area contributed by atoms with Crippen molar-refractivity contribution < 1.29 is 39.6 Å². The van der Waals surface area contributed by atoms with Crippen molar-refractivity contribution in [2.75, 3.05) is 11.0 Å². The quantitative estimate of drug-likeness (QED) is 0.127. The van der Waals surface area contributed by atoms with Gasteiger partial charge in [0.2, 0.25) is 15.9 Å². The molecular formula is C35H29ClF6N8O3S. The third kappa shape index (κ3) is 5.95. The number of sulfonamides is 1. The predicted molar refractivity (Wildman–Crippen MR) is 187 cm³/mol. The van der Waals surface area contributed by atoms with E-state index in [0.717, 1.165) is 18.4 Å². The lowest BCUT2D eigenvalue weighted by Gasteiger charge is -2.23. The number of fused-ring (bicyclic) bond motifs is 5. The average Bonchev–Trinajstić information content (AvgIpc) is 3.43. The van der Waals surface area contributed by atoms with E-state index in [1.807, 2.05) is 0 Å². The van der Waals surface area contributed by atoms with Crippen molar-refractivity contribution in [2.45, 2.75) is 44.2 Å². The molecule has 54 heavy (non-hydrogen) atoms. The third-order valence-electron chi connectivity index (χ3n) is 10.1. The molecule has 1 fully saturated rings. The van der Waals surface area contributed by atoms with Crippen molar-refractivity contribution in [1.82, 2.24) is 34.8 Å². The van der Waals surface area contributed by atoms with Gasteiger partial charge < -0.3 is 10.3 Å². The van der Waals surface area contributed by atoms with Crippen LogP contribution in [0.3, 0.4) is 0 Å². The molecule has 2 aliphatic carbocycles. The monoisotopic (exact) mass is 790 g/mol. The van der Waals surface area contributed by atoms with Gasteiger partial charge in [-0.1, -0.05) is 24.6 Å². The van der Waals surface area contributed by atoms with E-state index < -0.39 is 81.6 Å². The second-order valence-electron chi connectivity index (χ2n) is 13.7. The van der Waals surface area contributed by atoms with Crippen molar-refractivity contribution in [1.29, 1.82) is 0 Å². The minimum atomic E-state index is -3.80. The van der Waals surface area contributed by atoms with Crippen molar-refractivity contribution in [2.24, 2.45) is 18.9 Å². The first-order valence-electron chi connectivity index (χ1n) is 16.6. The lowest BCUT2D eigenvalue weighted by atomic mass is 9.93. The average molecular weight is 791 g/mol. The predicted octanol–water partition coefficient (Wildman–Crippen LogP) is 7.11. The molecule has 4 atom stereocenters. The maximum Gasteiger partial charge on any atom is 0.293 e. The van der Waals surface area contributed by atoms with Gasteiger partial charge in [-0.3, -0.25) is 18.9 Å². The number of benzene rings is 2. The number of carbonyl (C=O) groups excluding carboxylic acids is 1. The topological polar surface area (TPSA) is 140 Å². The summed E-state index contributed by atoms with van der Waals surface area (Å²) in [5, 5.41) is 11.3. The van der Waals surface area contributed by atoms with Gasteiger partial charge in [-0.15, -0.1) is 0 Å².